The van der Waals surface area contributed by atoms with Crippen LogP contribution in [-0.4, -0.2) is 9.13 Å². The Hall–Kier alpha value is -6.64. The van der Waals surface area contributed by atoms with E-state index in [2.05, 4.69) is 205 Å². The summed E-state index contributed by atoms with van der Waals surface area (Å²) in [4.78, 5) is 0. The zero-order valence-electron chi connectivity index (χ0n) is 29.7. The van der Waals surface area contributed by atoms with Gasteiger partial charge < -0.3 is 9.13 Å². The Kier molecular flexibility index (Phi) is 6.33. The van der Waals surface area contributed by atoms with Crippen LogP contribution in [0.5, 0.6) is 0 Å². The molecule has 0 bridgehead atoms. The third kappa shape index (κ3) is 4.33. The molecule has 0 atom stereocenters. The fourth-order valence-electron chi connectivity index (χ4n) is 9.26. The molecule has 0 unspecified atom stereocenters. The van der Waals surface area contributed by atoms with Crippen LogP contribution in [0.25, 0.3) is 88.4 Å². The molecule has 0 radical (unpaired) electrons. The predicted octanol–water partition coefficient (Wildman–Crippen LogP) is 13.5. The lowest BCUT2D eigenvalue weighted by atomic mass is 9.82. The van der Waals surface area contributed by atoms with Crippen LogP contribution >= 0.6 is 0 Å². The quantitative estimate of drug-likeness (QED) is 0.176. The van der Waals surface area contributed by atoms with Crippen molar-refractivity contribution in [1.82, 2.24) is 9.13 Å². The molecule has 53 heavy (non-hydrogen) atoms. The lowest BCUT2D eigenvalue weighted by molar-refractivity contribution is 0.660. The number of aromatic nitrogens is 2. The summed E-state index contributed by atoms with van der Waals surface area (Å²) in [5.41, 5.74) is 17.5. The second-order valence-corrected chi connectivity index (χ2v) is 15.0. The Morgan fingerprint density at radius 3 is 1.55 bits per heavy atom. The molecule has 0 aliphatic heterocycles. The first-order valence-corrected chi connectivity index (χ1v) is 18.5. The maximum absolute atomic E-state index is 2.48. The zero-order chi connectivity index (χ0) is 35.3. The molecule has 2 nitrogen and oxygen atoms in total. The summed E-state index contributed by atoms with van der Waals surface area (Å²) in [6.45, 7) is 4.70. The minimum absolute atomic E-state index is 0.0265. The maximum atomic E-state index is 2.48. The largest absolute Gasteiger partial charge is 0.309 e. The van der Waals surface area contributed by atoms with Gasteiger partial charge in [0.05, 0.1) is 22.1 Å². The van der Waals surface area contributed by atoms with Crippen LogP contribution in [0, 0.1) is 0 Å². The van der Waals surface area contributed by atoms with Crippen LogP contribution in [0.2, 0.25) is 0 Å². The van der Waals surface area contributed by atoms with Gasteiger partial charge in [0.2, 0.25) is 0 Å². The van der Waals surface area contributed by atoms with Crippen molar-refractivity contribution in [1.29, 1.82) is 0 Å². The molecular formula is C51H36N2. The maximum Gasteiger partial charge on any atom is 0.0548 e. The minimum Gasteiger partial charge on any atom is -0.309 e. The predicted molar refractivity (Wildman–Crippen MR) is 224 cm³/mol. The van der Waals surface area contributed by atoms with Gasteiger partial charge >= 0.3 is 0 Å². The molecular weight excluding hydrogens is 641 g/mol. The summed E-state index contributed by atoms with van der Waals surface area (Å²) in [5.74, 6) is 0. The third-order valence-corrected chi connectivity index (χ3v) is 11.7. The first-order chi connectivity index (χ1) is 26.1. The summed E-state index contributed by atoms with van der Waals surface area (Å²) >= 11 is 0. The van der Waals surface area contributed by atoms with Crippen LogP contribution in [0.15, 0.2) is 182 Å². The molecule has 8 aromatic carbocycles. The van der Waals surface area contributed by atoms with E-state index in [9.17, 15) is 0 Å². The van der Waals surface area contributed by atoms with E-state index in [0.29, 0.717) is 0 Å². The minimum atomic E-state index is -0.0265. The van der Waals surface area contributed by atoms with Gasteiger partial charge in [0.25, 0.3) is 0 Å². The Labute approximate surface area is 308 Å². The summed E-state index contributed by atoms with van der Waals surface area (Å²) in [6, 6.07) is 67.0. The molecule has 1 aliphatic carbocycles. The fraction of sp³-hybridized carbons (Fsp3) is 0.0588. The molecule has 0 amide bonds. The van der Waals surface area contributed by atoms with Gasteiger partial charge in [-0.25, -0.2) is 0 Å². The van der Waals surface area contributed by atoms with Gasteiger partial charge in [0, 0.05) is 38.3 Å². The van der Waals surface area contributed by atoms with E-state index >= 15 is 0 Å². The summed E-state index contributed by atoms with van der Waals surface area (Å²) in [6.07, 6.45) is 0. The highest BCUT2D eigenvalue weighted by Crippen LogP contribution is 2.50. The molecule has 250 valence electrons. The molecule has 0 N–H and O–H groups in total. The Morgan fingerprint density at radius 1 is 0.340 bits per heavy atom. The van der Waals surface area contributed by atoms with Crippen LogP contribution in [0.4, 0.5) is 0 Å². The number of benzene rings is 8. The van der Waals surface area contributed by atoms with Crippen molar-refractivity contribution in [2.75, 3.05) is 0 Å². The molecule has 2 heterocycles. The van der Waals surface area contributed by atoms with E-state index in [1.165, 1.54) is 93.8 Å². The van der Waals surface area contributed by atoms with E-state index in [1.807, 2.05) is 0 Å². The summed E-state index contributed by atoms with van der Waals surface area (Å²) < 4.78 is 4.93. The van der Waals surface area contributed by atoms with Crippen molar-refractivity contribution in [3.8, 4) is 44.8 Å². The van der Waals surface area contributed by atoms with Gasteiger partial charge in [-0.1, -0.05) is 141 Å². The van der Waals surface area contributed by atoms with E-state index in [4.69, 9.17) is 0 Å². The van der Waals surface area contributed by atoms with Gasteiger partial charge in [-0.3, -0.25) is 0 Å². The van der Waals surface area contributed by atoms with Crippen molar-refractivity contribution in [3.63, 3.8) is 0 Å². The highest BCUT2D eigenvalue weighted by molar-refractivity contribution is 6.29. The first kappa shape index (κ1) is 30.0. The van der Waals surface area contributed by atoms with Crippen molar-refractivity contribution in [2.45, 2.75) is 19.3 Å². The number of rotatable bonds is 4. The molecule has 1 aliphatic rings. The summed E-state index contributed by atoms with van der Waals surface area (Å²) in [7, 11) is 0. The van der Waals surface area contributed by atoms with Crippen LogP contribution in [-0.2, 0) is 5.41 Å². The van der Waals surface area contributed by atoms with E-state index < -0.39 is 0 Å². The first-order valence-electron chi connectivity index (χ1n) is 18.5. The highest BCUT2D eigenvalue weighted by Gasteiger charge is 2.35. The van der Waals surface area contributed by atoms with Gasteiger partial charge in [-0.2, -0.15) is 0 Å². The van der Waals surface area contributed by atoms with Gasteiger partial charge in [-0.15, -0.1) is 0 Å². The van der Waals surface area contributed by atoms with Crippen LogP contribution in [0.3, 0.4) is 0 Å². The Morgan fingerprint density at radius 2 is 0.849 bits per heavy atom. The molecule has 0 fully saturated rings. The highest BCUT2D eigenvalue weighted by atomic mass is 15.0. The van der Waals surface area contributed by atoms with E-state index in [-0.39, 0.29) is 5.41 Å². The number of nitrogens with zero attached hydrogens (tertiary/aromatic N) is 2. The fourth-order valence-corrected chi connectivity index (χ4v) is 9.26. The lowest BCUT2D eigenvalue weighted by Gasteiger charge is -2.21. The van der Waals surface area contributed by atoms with Gasteiger partial charge in [-0.05, 0) is 99.1 Å². The Bertz CT molecular complexity index is 3080. The monoisotopic (exact) mass is 676 g/mol. The number of hydrogen-bond donors (Lipinski definition) is 0. The second-order valence-electron chi connectivity index (χ2n) is 15.0. The third-order valence-electron chi connectivity index (χ3n) is 11.7. The average molecular weight is 677 g/mol. The van der Waals surface area contributed by atoms with Crippen LogP contribution < -0.4 is 0 Å². The topological polar surface area (TPSA) is 9.86 Å². The number of hydrogen-bond acceptors (Lipinski definition) is 0. The van der Waals surface area contributed by atoms with E-state index in [0.717, 1.165) is 5.69 Å². The molecule has 2 aromatic heterocycles. The standard InChI is InChI=1S/C51H36N2/c1-51(2)43-23-9-6-20-39(43)42-32-38(26-27-44(42)51)53-46-25-11-8-22-41(46)50-48(53)29-28-47-49(50)40-21-7-10-24-45(40)52(47)37-19-13-18-36(31-37)35-17-12-16-34(30-35)33-14-4-3-5-15-33/h3-32H,1-2H3. The van der Waals surface area contributed by atoms with Crippen molar-refractivity contribution < 1.29 is 0 Å². The van der Waals surface area contributed by atoms with Crippen LogP contribution in [0.1, 0.15) is 25.0 Å². The van der Waals surface area contributed by atoms with Crippen molar-refractivity contribution >= 4 is 43.6 Å². The second kappa shape index (κ2) is 11.2. The lowest BCUT2D eigenvalue weighted by Crippen LogP contribution is -2.14. The summed E-state index contributed by atoms with van der Waals surface area (Å²) in [5, 5.41) is 5.11. The number of para-hydroxylation sites is 2. The van der Waals surface area contributed by atoms with Crippen molar-refractivity contribution in [3.05, 3.63) is 193 Å². The molecule has 2 heteroatoms. The normalized spacial score (nSPS) is 13.2. The average Bonchev–Trinajstić information content (AvgIpc) is 3.81. The van der Waals surface area contributed by atoms with Gasteiger partial charge in [0.1, 0.15) is 0 Å². The number of fused-ring (bicyclic) bond motifs is 10. The molecule has 0 saturated carbocycles. The molecule has 0 spiro atoms. The molecule has 0 saturated heterocycles. The zero-order valence-corrected chi connectivity index (χ0v) is 29.7. The molecule has 10 aromatic rings. The SMILES string of the molecule is CC1(C)c2ccccc2-c2cc(-n3c4ccccc4c4c5c6ccccc6n(-c6cccc(-c7cccc(-c8ccccc8)c7)c6)c5ccc43)ccc21. The molecule has 11 rings (SSSR count). The Balaban J connectivity index is 1.14. The van der Waals surface area contributed by atoms with Crippen molar-refractivity contribution in [2.24, 2.45) is 0 Å². The van der Waals surface area contributed by atoms with Gasteiger partial charge in [0.15, 0.2) is 0 Å². The van der Waals surface area contributed by atoms with E-state index in [1.54, 1.807) is 0 Å². The smallest absolute Gasteiger partial charge is 0.0548 e.